The highest BCUT2D eigenvalue weighted by atomic mass is 32.2. The predicted octanol–water partition coefficient (Wildman–Crippen LogP) is 5.47. The maximum atomic E-state index is 12.6. The van der Waals surface area contributed by atoms with Gasteiger partial charge in [0.25, 0.3) is 0 Å². The largest absolute Gasteiger partial charge is 0.325 e. The molecule has 1 aliphatic carbocycles. The lowest BCUT2D eigenvalue weighted by molar-refractivity contribution is -0.113. The van der Waals surface area contributed by atoms with Crippen molar-refractivity contribution in [3.05, 3.63) is 45.6 Å². The number of para-hydroxylation sites is 1. The number of benzene rings is 1. The minimum absolute atomic E-state index is 0.00420. The number of fused-ring (bicyclic) bond motifs is 3. The Morgan fingerprint density at radius 1 is 1.25 bits per heavy atom. The van der Waals surface area contributed by atoms with Crippen molar-refractivity contribution in [3.63, 3.8) is 0 Å². The third-order valence-corrected chi connectivity index (χ3v) is 7.44. The molecule has 1 unspecified atom stereocenters. The molecule has 4 nitrogen and oxygen atoms in total. The van der Waals surface area contributed by atoms with E-state index in [-0.39, 0.29) is 5.91 Å². The minimum atomic E-state index is 0.00420. The van der Waals surface area contributed by atoms with E-state index in [1.54, 1.807) is 0 Å². The third-order valence-electron chi connectivity index (χ3n) is 5.32. The van der Waals surface area contributed by atoms with Crippen molar-refractivity contribution in [2.24, 2.45) is 5.92 Å². The van der Waals surface area contributed by atoms with Crippen LogP contribution in [0.2, 0.25) is 0 Å². The Bertz CT molecular complexity index is 1040. The van der Waals surface area contributed by atoms with E-state index in [0.29, 0.717) is 5.75 Å². The Morgan fingerprint density at radius 3 is 2.75 bits per heavy atom. The molecular formula is C22H25N3OS2. The summed E-state index contributed by atoms with van der Waals surface area (Å²) in [6.07, 6.45) is 3.43. The number of nitrogens with zero attached hydrogens (tertiary/aromatic N) is 2. The molecule has 1 aromatic carbocycles. The van der Waals surface area contributed by atoms with E-state index in [1.165, 1.54) is 34.0 Å². The Kier molecular flexibility index (Phi) is 5.43. The van der Waals surface area contributed by atoms with Gasteiger partial charge in [-0.1, -0.05) is 36.9 Å². The molecule has 1 amide bonds. The van der Waals surface area contributed by atoms with Crippen LogP contribution in [0.3, 0.4) is 0 Å². The van der Waals surface area contributed by atoms with Gasteiger partial charge >= 0.3 is 0 Å². The summed E-state index contributed by atoms with van der Waals surface area (Å²) >= 11 is 3.33. The summed E-state index contributed by atoms with van der Waals surface area (Å²) in [6.45, 7) is 8.29. The monoisotopic (exact) mass is 411 g/mol. The summed E-state index contributed by atoms with van der Waals surface area (Å²) in [7, 11) is 0. The van der Waals surface area contributed by atoms with Crippen LogP contribution in [0.15, 0.2) is 23.2 Å². The van der Waals surface area contributed by atoms with Gasteiger partial charge in [0, 0.05) is 16.0 Å². The number of nitrogens with one attached hydrogen (secondary N) is 1. The number of anilines is 1. The number of aryl methyl sites for hydroxylation is 4. The molecule has 1 N–H and O–H groups in total. The number of amides is 1. The SMILES string of the molecule is Cc1nc(SCC(=O)Nc2c(C)cccc2C)c2c3c(sc2n1)CC(C)CC3. The maximum absolute atomic E-state index is 12.6. The topological polar surface area (TPSA) is 54.9 Å². The number of carbonyl (C=O) groups excluding carboxylic acids is 1. The molecule has 0 fully saturated rings. The predicted molar refractivity (Wildman–Crippen MR) is 119 cm³/mol. The summed E-state index contributed by atoms with van der Waals surface area (Å²) in [5.41, 5.74) is 4.49. The number of rotatable bonds is 4. The molecule has 0 saturated heterocycles. The van der Waals surface area contributed by atoms with Crippen molar-refractivity contribution in [1.82, 2.24) is 9.97 Å². The molecule has 146 valence electrons. The Hall–Kier alpha value is -1.92. The fourth-order valence-electron chi connectivity index (χ4n) is 3.84. The highest BCUT2D eigenvalue weighted by molar-refractivity contribution is 8.00. The van der Waals surface area contributed by atoms with Gasteiger partial charge in [0.2, 0.25) is 5.91 Å². The lowest BCUT2D eigenvalue weighted by Gasteiger charge is -2.18. The molecule has 4 rings (SSSR count). The third kappa shape index (κ3) is 3.80. The van der Waals surface area contributed by atoms with Gasteiger partial charge in [-0.15, -0.1) is 11.3 Å². The smallest absolute Gasteiger partial charge is 0.234 e. The maximum Gasteiger partial charge on any atom is 0.234 e. The molecule has 28 heavy (non-hydrogen) atoms. The van der Waals surface area contributed by atoms with Crippen LogP contribution in [0.25, 0.3) is 10.2 Å². The Labute approximate surface area is 174 Å². The zero-order chi connectivity index (χ0) is 19.8. The normalized spacial score (nSPS) is 16.2. The second-order valence-electron chi connectivity index (χ2n) is 7.71. The summed E-state index contributed by atoms with van der Waals surface area (Å²) in [4.78, 5) is 24.5. The van der Waals surface area contributed by atoms with Crippen LogP contribution < -0.4 is 5.32 Å². The van der Waals surface area contributed by atoms with Crippen LogP contribution in [0, 0.1) is 26.7 Å². The highest BCUT2D eigenvalue weighted by Gasteiger charge is 2.24. The van der Waals surface area contributed by atoms with Crippen LogP contribution in [0.4, 0.5) is 5.69 Å². The van der Waals surface area contributed by atoms with Gasteiger partial charge in [-0.2, -0.15) is 0 Å². The van der Waals surface area contributed by atoms with E-state index in [0.717, 1.165) is 51.3 Å². The molecule has 0 aliphatic heterocycles. The molecule has 2 heterocycles. The number of aromatic nitrogens is 2. The van der Waals surface area contributed by atoms with Crippen LogP contribution in [-0.2, 0) is 17.6 Å². The van der Waals surface area contributed by atoms with E-state index >= 15 is 0 Å². The summed E-state index contributed by atoms with van der Waals surface area (Å²) < 4.78 is 0. The van der Waals surface area contributed by atoms with E-state index < -0.39 is 0 Å². The number of carbonyl (C=O) groups is 1. The second-order valence-corrected chi connectivity index (χ2v) is 9.76. The number of hydrogen-bond acceptors (Lipinski definition) is 5. The molecule has 0 bridgehead atoms. The lowest BCUT2D eigenvalue weighted by atomic mass is 9.89. The second kappa shape index (κ2) is 7.84. The van der Waals surface area contributed by atoms with Gasteiger partial charge in [0.1, 0.15) is 15.7 Å². The first kappa shape index (κ1) is 19.4. The van der Waals surface area contributed by atoms with Crippen molar-refractivity contribution >= 4 is 44.9 Å². The summed E-state index contributed by atoms with van der Waals surface area (Å²) in [5, 5.41) is 5.21. The zero-order valence-corrected chi connectivity index (χ0v) is 18.4. The first-order chi connectivity index (χ1) is 13.4. The molecule has 0 spiro atoms. The number of hydrogen-bond donors (Lipinski definition) is 1. The fourth-order valence-corrected chi connectivity index (χ4v) is 6.23. The van der Waals surface area contributed by atoms with Crippen molar-refractivity contribution < 1.29 is 4.79 Å². The van der Waals surface area contributed by atoms with Gasteiger partial charge in [0.05, 0.1) is 5.75 Å². The average molecular weight is 412 g/mol. The number of thioether (sulfide) groups is 1. The van der Waals surface area contributed by atoms with Crippen LogP contribution in [0.1, 0.15) is 40.7 Å². The van der Waals surface area contributed by atoms with E-state index in [2.05, 4.69) is 17.2 Å². The molecule has 0 saturated carbocycles. The van der Waals surface area contributed by atoms with E-state index in [9.17, 15) is 4.79 Å². The zero-order valence-electron chi connectivity index (χ0n) is 16.8. The quantitative estimate of drug-likeness (QED) is 0.457. The van der Waals surface area contributed by atoms with Gasteiger partial charge < -0.3 is 5.32 Å². The van der Waals surface area contributed by atoms with Gasteiger partial charge in [-0.25, -0.2) is 9.97 Å². The average Bonchev–Trinajstić information content (AvgIpc) is 2.99. The van der Waals surface area contributed by atoms with Crippen molar-refractivity contribution in [2.75, 3.05) is 11.1 Å². The van der Waals surface area contributed by atoms with Crippen molar-refractivity contribution in [3.8, 4) is 0 Å². The number of thiophene rings is 1. The fraction of sp³-hybridized carbons (Fsp3) is 0.409. The summed E-state index contributed by atoms with van der Waals surface area (Å²) in [6, 6.07) is 6.05. The lowest BCUT2D eigenvalue weighted by Crippen LogP contribution is -2.16. The molecule has 3 aromatic rings. The van der Waals surface area contributed by atoms with Crippen molar-refractivity contribution in [1.29, 1.82) is 0 Å². The molecule has 2 aromatic heterocycles. The molecule has 1 aliphatic rings. The van der Waals surface area contributed by atoms with Gasteiger partial charge in [-0.3, -0.25) is 4.79 Å². The standard InChI is InChI=1S/C22H25N3OS2/c1-12-8-9-16-17(10-12)28-22-19(16)21(23-15(4)24-22)27-11-18(26)25-20-13(2)6-5-7-14(20)3/h5-7,12H,8-11H2,1-4H3,(H,25,26). The van der Waals surface area contributed by atoms with Crippen LogP contribution in [0.5, 0.6) is 0 Å². The molecular weight excluding hydrogens is 386 g/mol. The Balaban J connectivity index is 1.57. The van der Waals surface area contributed by atoms with Crippen LogP contribution >= 0.6 is 23.1 Å². The highest BCUT2D eigenvalue weighted by Crippen LogP contribution is 2.40. The first-order valence-electron chi connectivity index (χ1n) is 9.70. The molecule has 6 heteroatoms. The molecule has 1 atom stereocenters. The Morgan fingerprint density at radius 2 is 2.00 bits per heavy atom. The van der Waals surface area contributed by atoms with Crippen LogP contribution in [-0.4, -0.2) is 21.6 Å². The van der Waals surface area contributed by atoms with Gasteiger partial charge in [-0.05, 0) is 62.6 Å². The van der Waals surface area contributed by atoms with Crippen molar-refractivity contribution in [2.45, 2.75) is 52.0 Å². The van der Waals surface area contributed by atoms with Gasteiger partial charge in [0.15, 0.2) is 0 Å². The summed E-state index contributed by atoms with van der Waals surface area (Å²) in [5.74, 6) is 1.86. The minimum Gasteiger partial charge on any atom is -0.325 e. The molecule has 0 radical (unpaired) electrons. The van der Waals surface area contributed by atoms with E-state index in [4.69, 9.17) is 4.98 Å². The van der Waals surface area contributed by atoms with E-state index in [1.807, 2.05) is 50.3 Å². The first-order valence-corrected chi connectivity index (χ1v) is 11.5.